The van der Waals surface area contributed by atoms with Gasteiger partial charge in [-0.1, -0.05) is 32.0 Å². The van der Waals surface area contributed by atoms with Crippen LogP contribution in [0, 0.1) is 5.92 Å². The fraction of sp³-hybridized carbons (Fsp3) is 0.292. The van der Waals surface area contributed by atoms with Gasteiger partial charge >= 0.3 is 0 Å². The van der Waals surface area contributed by atoms with Gasteiger partial charge in [0.15, 0.2) is 22.1 Å². The number of rotatable bonds is 9. The van der Waals surface area contributed by atoms with Crippen LogP contribution in [0.2, 0.25) is 0 Å². The minimum atomic E-state index is -0.662. The highest BCUT2D eigenvalue weighted by Crippen LogP contribution is 2.40. The highest BCUT2D eigenvalue weighted by atomic mass is 32.2. The van der Waals surface area contributed by atoms with Gasteiger partial charge < -0.3 is 29.5 Å². The lowest BCUT2D eigenvalue weighted by atomic mass is 10.1. The van der Waals surface area contributed by atoms with Crippen molar-refractivity contribution >= 4 is 34.7 Å². The third-order valence-electron chi connectivity index (χ3n) is 5.49. The number of carbonyl (C=O) groups excluding carboxylic acids is 1. The van der Waals surface area contributed by atoms with Gasteiger partial charge in [0.05, 0.1) is 6.20 Å². The zero-order chi connectivity index (χ0) is 25.1. The minimum absolute atomic E-state index is 0.0180. The Morgan fingerprint density at radius 1 is 1.25 bits per heavy atom. The predicted octanol–water partition coefficient (Wildman–Crippen LogP) is 3.86. The van der Waals surface area contributed by atoms with Crippen LogP contribution in [0.25, 0.3) is 22.6 Å². The molecule has 1 amide bonds. The second-order valence-corrected chi connectivity index (χ2v) is 9.30. The van der Waals surface area contributed by atoms with E-state index >= 15 is 0 Å². The van der Waals surface area contributed by atoms with Crippen molar-refractivity contribution in [2.75, 3.05) is 12.3 Å². The topological polar surface area (TPSA) is 143 Å². The third-order valence-corrected chi connectivity index (χ3v) is 6.38. The molecule has 1 aromatic carbocycles. The molecular formula is C24H25N7O4S. The molecule has 3 aromatic heterocycles. The molecule has 1 atom stereocenters. The zero-order valence-corrected chi connectivity index (χ0v) is 20.6. The second-order valence-electron chi connectivity index (χ2n) is 8.33. The number of amides is 1. The normalized spacial score (nSPS) is 15.1. The van der Waals surface area contributed by atoms with Crippen LogP contribution in [0.5, 0.6) is 0 Å². The van der Waals surface area contributed by atoms with Gasteiger partial charge in [0, 0.05) is 30.1 Å². The molecular weight excluding hydrogens is 482 g/mol. The molecule has 12 heteroatoms. The molecule has 0 radical (unpaired) electrons. The summed E-state index contributed by atoms with van der Waals surface area (Å²) in [6.07, 6.45) is 6.11. The van der Waals surface area contributed by atoms with E-state index in [2.05, 4.69) is 25.3 Å². The number of hydrogen-bond donors (Lipinski definition) is 2. The van der Waals surface area contributed by atoms with E-state index in [1.165, 1.54) is 24.4 Å². The number of thioether (sulfide) groups is 1. The van der Waals surface area contributed by atoms with Crippen molar-refractivity contribution in [1.29, 1.82) is 0 Å². The SMILES string of the molecule is CC(C)C(=O)NCCCn1c(SC2=COC(c3ccccc3-c3ncco3)O2)nc2c(N)ncnc21. The number of imidazole rings is 1. The summed E-state index contributed by atoms with van der Waals surface area (Å²) in [5.41, 5.74) is 8.76. The minimum Gasteiger partial charge on any atom is -0.454 e. The van der Waals surface area contributed by atoms with E-state index in [4.69, 9.17) is 19.6 Å². The van der Waals surface area contributed by atoms with Gasteiger partial charge in [0.2, 0.25) is 16.9 Å². The Bertz CT molecular complexity index is 1400. The van der Waals surface area contributed by atoms with Gasteiger partial charge in [-0.25, -0.2) is 19.9 Å². The molecule has 5 rings (SSSR count). The lowest BCUT2D eigenvalue weighted by molar-refractivity contribution is -0.123. The number of anilines is 1. The summed E-state index contributed by atoms with van der Waals surface area (Å²) in [4.78, 5) is 29.2. The maximum absolute atomic E-state index is 11.9. The Kier molecular flexibility index (Phi) is 6.76. The molecule has 36 heavy (non-hydrogen) atoms. The molecule has 0 aliphatic carbocycles. The fourth-order valence-corrected chi connectivity index (χ4v) is 4.52. The van der Waals surface area contributed by atoms with Crippen LogP contribution >= 0.6 is 11.8 Å². The first-order valence-electron chi connectivity index (χ1n) is 11.4. The van der Waals surface area contributed by atoms with Gasteiger partial charge in [0.1, 0.15) is 18.9 Å². The summed E-state index contributed by atoms with van der Waals surface area (Å²) in [6.45, 7) is 4.82. The molecule has 186 valence electrons. The molecule has 0 saturated heterocycles. The Balaban J connectivity index is 1.33. The van der Waals surface area contributed by atoms with Crippen LogP contribution < -0.4 is 11.1 Å². The quantitative estimate of drug-likeness (QED) is 0.320. The molecule has 11 nitrogen and oxygen atoms in total. The van der Waals surface area contributed by atoms with Gasteiger partial charge in [0.25, 0.3) is 6.29 Å². The van der Waals surface area contributed by atoms with Crippen molar-refractivity contribution in [2.45, 2.75) is 38.3 Å². The lowest BCUT2D eigenvalue weighted by Gasteiger charge is -2.14. The van der Waals surface area contributed by atoms with Crippen molar-refractivity contribution in [3.8, 4) is 11.5 Å². The van der Waals surface area contributed by atoms with Crippen molar-refractivity contribution in [3.05, 3.63) is 60.0 Å². The molecule has 0 fully saturated rings. The first kappa shape index (κ1) is 23.7. The number of aromatic nitrogens is 5. The number of nitrogens with two attached hydrogens (primary N) is 1. The van der Waals surface area contributed by atoms with Crippen LogP contribution in [-0.2, 0) is 20.8 Å². The van der Waals surface area contributed by atoms with E-state index < -0.39 is 6.29 Å². The average Bonchev–Trinajstić information content (AvgIpc) is 3.63. The molecule has 1 aliphatic rings. The van der Waals surface area contributed by atoms with E-state index in [0.717, 1.165) is 11.1 Å². The van der Waals surface area contributed by atoms with Crippen LogP contribution in [0.4, 0.5) is 5.82 Å². The predicted molar refractivity (Wildman–Crippen MR) is 133 cm³/mol. The maximum atomic E-state index is 11.9. The van der Waals surface area contributed by atoms with E-state index in [1.54, 1.807) is 12.5 Å². The van der Waals surface area contributed by atoms with Crippen molar-refractivity contribution in [3.63, 3.8) is 0 Å². The molecule has 0 spiro atoms. The fourth-order valence-electron chi connectivity index (χ4n) is 3.67. The van der Waals surface area contributed by atoms with Crippen LogP contribution in [0.3, 0.4) is 0 Å². The number of aryl methyl sites for hydroxylation is 1. The zero-order valence-electron chi connectivity index (χ0n) is 19.7. The van der Waals surface area contributed by atoms with E-state index in [9.17, 15) is 4.79 Å². The number of hydrogen-bond acceptors (Lipinski definition) is 10. The standard InChI is InChI=1S/C24H25N7O4S/c1-14(2)21(32)26-8-5-10-31-20-18(19(25)28-13-29-20)30-24(31)36-17-12-34-23(35-17)16-7-4-3-6-15(16)22-27-9-11-33-22/h3-4,6-7,9,11-14,23H,5,8,10H2,1-2H3,(H,26,32)(H2,25,28,29). The number of benzene rings is 1. The Morgan fingerprint density at radius 3 is 2.92 bits per heavy atom. The molecule has 1 unspecified atom stereocenters. The number of nitrogen functional groups attached to an aromatic ring is 1. The van der Waals surface area contributed by atoms with E-state index in [1.807, 2.05) is 42.7 Å². The second kappa shape index (κ2) is 10.3. The summed E-state index contributed by atoms with van der Waals surface area (Å²) < 4.78 is 19.4. The Labute approximate surface area is 211 Å². The largest absolute Gasteiger partial charge is 0.454 e. The first-order valence-corrected chi connectivity index (χ1v) is 12.3. The summed E-state index contributed by atoms with van der Waals surface area (Å²) in [5.74, 6) is 0.735. The summed E-state index contributed by atoms with van der Waals surface area (Å²) in [6, 6.07) is 7.61. The number of nitrogens with zero attached hydrogens (tertiary/aromatic N) is 5. The van der Waals surface area contributed by atoms with Gasteiger partial charge in [-0.15, -0.1) is 0 Å². The summed E-state index contributed by atoms with van der Waals surface area (Å²) >= 11 is 1.30. The highest BCUT2D eigenvalue weighted by molar-refractivity contribution is 8.02. The average molecular weight is 508 g/mol. The lowest BCUT2D eigenvalue weighted by Crippen LogP contribution is -2.29. The van der Waals surface area contributed by atoms with Gasteiger partial charge in [-0.2, -0.15) is 0 Å². The number of ether oxygens (including phenoxy) is 2. The summed E-state index contributed by atoms with van der Waals surface area (Å²) in [7, 11) is 0. The van der Waals surface area contributed by atoms with E-state index in [0.29, 0.717) is 52.6 Å². The van der Waals surface area contributed by atoms with Gasteiger partial charge in [-0.05, 0) is 24.2 Å². The van der Waals surface area contributed by atoms with Crippen LogP contribution in [-0.4, -0.2) is 37.0 Å². The van der Waals surface area contributed by atoms with Crippen molar-refractivity contribution in [2.24, 2.45) is 5.92 Å². The van der Waals surface area contributed by atoms with Crippen molar-refractivity contribution in [1.82, 2.24) is 29.8 Å². The maximum Gasteiger partial charge on any atom is 0.268 e. The number of oxazole rings is 1. The molecule has 3 N–H and O–H groups in total. The smallest absolute Gasteiger partial charge is 0.268 e. The van der Waals surface area contributed by atoms with Gasteiger partial charge in [-0.3, -0.25) is 4.79 Å². The Morgan fingerprint density at radius 2 is 2.11 bits per heavy atom. The van der Waals surface area contributed by atoms with Crippen LogP contribution in [0.15, 0.2) is 64.0 Å². The first-order chi connectivity index (χ1) is 17.5. The third kappa shape index (κ3) is 4.85. The highest BCUT2D eigenvalue weighted by Gasteiger charge is 2.28. The molecule has 4 heterocycles. The Hall–Kier alpha value is -4.06. The van der Waals surface area contributed by atoms with Crippen molar-refractivity contribution < 1.29 is 18.7 Å². The molecule has 0 saturated carbocycles. The molecule has 4 aromatic rings. The number of nitrogens with one attached hydrogen (secondary N) is 1. The monoisotopic (exact) mass is 507 g/mol. The number of fused-ring (bicyclic) bond motifs is 1. The van der Waals surface area contributed by atoms with Crippen LogP contribution in [0.1, 0.15) is 32.1 Å². The number of carbonyl (C=O) groups is 1. The molecule has 1 aliphatic heterocycles. The van der Waals surface area contributed by atoms with E-state index in [-0.39, 0.29) is 11.8 Å². The summed E-state index contributed by atoms with van der Waals surface area (Å²) in [5, 5.41) is 4.09. The molecule has 0 bridgehead atoms.